The second-order valence-electron chi connectivity index (χ2n) is 4.11. The molecule has 100 valence electrons. The van der Waals surface area contributed by atoms with Crippen molar-refractivity contribution >= 4 is 42.9 Å². The molecule has 0 atom stereocenters. The second kappa shape index (κ2) is 5.56. The largest absolute Gasteiger partial charge is 0.294 e. The van der Waals surface area contributed by atoms with Gasteiger partial charge in [-0.15, -0.1) is 11.3 Å². The molecule has 0 amide bonds. The Balaban J connectivity index is 2.25. The van der Waals surface area contributed by atoms with Crippen molar-refractivity contribution < 1.29 is 13.2 Å². The molecule has 6 heteroatoms. The topological polar surface area (TPSA) is 51.2 Å². The summed E-state index contributed by atoms with van der Waals surface area (Å²) in [5.41, 5.74) is 0.424. The zero-order chi connectivity index (χ0) is 14.0. The molecule has 0 saturated carbocycles. The molecule has 3 nitrogen and oxygen atoms in total. The first-order valence-electron chi connectivity index (χ1n) is 5.44. The number of sulfone groups is 1. The van der Waals surface area contributed by atoms with Crippen molar-refractivity contribution in [3.05, 3.63) is 50.6 Å². The van der Waals surface area contributed by atoms with Crippen molar-refractivity contribution in [1.82, 2.24) is 0 Å². The van der Waals surface area contributed by atoms with Gasteiger partial charge in [0.1, 0.15) is 0 Å². The highest BCUT2D eigenvalue weighted by Crippen LogP contribution is 2.23. The van der Waals surface area contributed by atoms with Gasteiger partial charge in [0.25, 0.3) is 0 Å². The van der Waals surface area contributed by atoms with Crippen LogP contribution in [0.2, 0.25) is 0 Å². The lowest BCUT2D eigenvalue weighted by Gasteiger charge is -2.02. The Morgan fingerprint density at radius 3 is 2.58 bits per heavy atom. The third kappa shape index (κ3) is 3.75. The molecule has 0 spiro atoms. The van der Waals surface area contributed by atoms with Gasteiger partial charge < -0.3 is 0 Å². The molecule has 0 saturated heterocycles. The van der Waals surface area contributed by atoms with E-state index in [1.54, 1.807) is 12.1 Å². The number of hydrogen-bond donors (Lipinski definition) is 0. The minimum Gasteiger partial charge on any atom is -0.294 e. The molecule has 19 heavy (non-hydrogen) atoms. The highest BCUT2D eigenvalue weighted by Gasteiger charge is 2.12. The summed E-state index contributed by atoms with van der Waals surface area (Å²) in [4.78, 5) is 13.2. The number of thiophene rings is 1. The van der Waals surface area contributed by atoms with Crippen molar-refractivity contribution in [1.29, 1.82) is 0 Å². The zero-order valence-corrected chi connectivity index (χ0v) is 13.3. The molecular formula is C13H11BrO3S2. The first kappa shape index (κ1) is 14.4. The van der Waals surface area contributed by atoms with Gasteiger partial charge in [-0.25, -0.2) is 8.42 Å². The van der Waals surface area contributed by atoms with Crippen LogP contribution in [0.25, 0.3) is 0 Å². The van der Waals surface area contributed by atoms with Crippen LogP contribution in [0.1, 0.15) is 15.2 Å². The fourth-order valence-corrected chi connectivity index (χ4v) is 3.76. The van der Waals surface area contributed by atoms with Crippen LogP contribution < -0.4 is 0 Å². The Morgan fingerprint density at radius 2 is 2.00 bits per heavy atom. The molecule has 0 N–H and O–H groups in total. The second-order valence-corrected chi connectivity index (χ2v) is 8.67. The van der Waals surface area contributed by atoms with Crippen LogP contribution in [-0.2, 0) is 16.3 Å². The maximum Gasteiger partial charge on any atom is 0.175 e. The molecule has 0 bridgehead atoms. The van der Waals surface area contributed by atoms with Crippen LogP contribution >= 0.6 is 27.3 Å². The lowest BCUT2D eigenvalue weighted by molar-refractivity contribution is 0.0993. The van der Waals surface area contributed by atoms with Crippen LogP contribution in [0, 0.1) is 0 Å². The molecule has 2 aromatic rings. The highest BCUT2D eigenvalue weighted by molar-refractivity contribution is 9.11. The summed E-state index contributed by atoms with van der Waals surface area (Å²) >= 11 is 4.84. The van der Waals surface area contributed by atoms with Gasteiger partial charge in [-0.05, 0) is 40.2 Å². The van der Waals surface area contributed by atoms with Gasteiger partial charge in [0.2, 0.25) is 0 Å². The fourth-order valence-electron chi connectivity index (χ4n) is 1.61. The summed E-state index contributed by atoms with van der Waals surface area (Å²) in [5, 5.41) is 0. The van der Waals surface area contributed by atoms with E-state index in [2.05, 4.69) is 15.9 Å². The van der Waals surface area contributed by atoms with E-state index in [9.17, 15) is 13.2 Å². The van der Waals surface area contributed by atoms with Gasteiger partial charge >= 0.3 is 0 Å². The van der Waals surface area contributed by atoms with Crippen LogP contribution in [0.3, 0.4) is 0 Å². The molecular weight excluding hydrogens is 348 g/mol. The van der Waals surface area contributed by atoms with Crippen LogP contribution in [-0.4, -0.2) is 20.5 Å². The fraction of sp³-hybridized carbons (Fsp3) is 0.154. The first-order valence-corrected chi connectivity index (χ1v) is 8.94. The number of halogens is 1. The average Bonchev–Trinajstić information content (AvgIpc) is 2.74. The Hall–Kier alpha value is -0.980. The van der Waals surface area contributed by atoms with E-state index in [1.807, 2.05) is 12.1 Å². The molecule has 0 radical (unpaired) electrons. The summed E-state index contributed by atoms with van der Waals surface area (Å²) in [5.74, 6) is -0.0835. The van der Waals surface area contributed by atoms with E-state index in [0.717, 1.165) is 14.9 Å². The predicted molar refractivity (Wildman–Crippen MR) is 79.6 cm³/mol. The molecule has 2 rings (SSSR count). The van der Waals surface area contributed by atoms with Crippen molar-refractivity contribution in [3.63, 3.8) is 0 Å². The minimum atomic E-state index is -3.28. The van der Waals surface area contributed by atoms with E-state index in [4.69, 9.17) is 0 Å². The van der Waals surface area contributed by atoms with Crippen LogP contribution in [0.15, 0.2) is 45.1 Å². The van der Waals surface area contributed by atoms with Gasteiger partial charge in [0, 0.05) is 23.1 Å². The third-order valence-corrected chi connectivity index (χ3v) is 5.28. The third-order valence-electron chi connectivity index (χ3n) is 2.55. The van der Waals surface area contributed by atoms with Crippen molar-refractivity contribution in [2.45, 2.75) is 11.3 Å². The Morgan fingerprint density at radius 1 is 1.26 bits per heavy atom. The monoisotopic (exact) mass is 358 g/mol. The standard InChI is InChI=1S/C13H11BrO3S2/c1-19(16,17)11-4-2-3-9(7-11)12(15)8-10-5-6-13(14)18-10/h2-7H,8H2,1H3. The van der Waals surface area contributed by atoms with Crippen molar-refractivity contribution in [2.24, 2.45) is 0 Å². The van der Waals surface area contributed by atoms with Gasteiger partial charge in [-0.1, -0.05) is 12.1 Å². The molecule has 1 aromatic heterocycles. The number of hydrogen-bond acceptors (Lipinski definition) is 4. The Labute approximate surface area is 124 Å². The number of carbonyl (C=O) groups excluding carboxylic acids is 1. The summed E-state index contributed by atoms with van der Waals surface area (Å²) in [6, 6.07) is 9.93. The van der Waals surface area contributed by atoms with Gasteiger partial charge in [0.05, 0.1) is 8.68 Å². The van der Waals surface area contributed by atoms with E-state index in [0.29, 0.717) is 5.56 Å². The number of Topliss-reactive ketones (excluding diaryl/α,β-unsaturated/α-hetero) is 1. The van der Waals surface area contributed by atoms with Crippen molar-refractivity contribution in [3.8, 4) is 0 Å². The maximum atomic E-state index is 12.1. The Kier molecular flexibility index (Phi) is 4.23. The first-order chi connectivity index (χ1) is 8.86. The summed E-state index contributed by atoms with van der Waals surface area (Å²) in [6.45, 7) is 0. The van der Waals surface area contributed by atoms with Crippen LogP contribution in [0.4, 0.5) is 0 Å². The molecule has 0 aliphatic heterocycles. The van der Waals surface area contributed by atoms with Crippen molar-refractivity contribution in [2.75, 3.05) is 6.26 Å². The number of rotatable bonds is 4. The SMILES string of the molecule is CS(=O)(=O)c1cccc(C(=O)Cc2ccc(Br)s2)c1. The molecule has 0 fully saturated rings. The predicted octanol–water partition coefficient (Wildman–Crippen LogP) is 3.34. The van der Waals surface area contributed by atoms with Gasteiger partial charge in [0.15, 0.2) is 15.6 Å². The number of ketones is 1. The molecule has 0 unspecified atom stereocenters. The summed E-state index contributed by atoms with van der Waals surface area (Å²) in [6.07, 6.45) is 1.41. The van der Waals surface area contributed by atoms with Gasteiger partial charge in [-0.2, -0.15) is 0 Å². The van der Waals surface area contributed by atoms with E-state index < -0.39 is 9.84 Å². The quantitative estimate of drug-likeness (QED) is 0.787. The number of benzene rings is 1. The highest BCUT2D eigenvalue weighted by atomic mass is 79.9. The smallest absolute Gasteiger partial charge is 0.175 e. The van der Waals surface area contributed by atoms with Crippen LogP contribution in [0.5, 0.6) is 0 Å². The van der Waals surface area contributed by atoms with E-state index >= 15 is 0 Å². The van der Waals surface area contributed by atoms with E-state index in [-0.39, 0.29) is 17.1 Å². The summed E-state index contributed by atoms with van der Waals surface area (Å²) < 4.78 is 23.9. The maximum absolute atomic E-state index is 12.1. The van der Waals surface area contributed by atoms with E-state index in [1.165, 1.54) is 23.5 Å². The zero-order valence-electron chi connectivity index (χ0n) is 10.1. The normalized spacial score (nSPS) is 11.5. The lowest BCUT2D eigenvalue weighted by Crippen LogP contribution is -2.04. The van der Waals surface area contributed by atoms with Gasteiger partial charge in [-0.3, -0.25) is 4.79 Å². The average molecular weight is 359 g/mol. The number of carbonyl (C=O) groups is 1. The molecule has 0 aliphatic rings. The minimum absolute atomic E-state index is 0.0835. The molecule has 1 aromatic carbocycles. The Bertz CT molecular complexity index is 717. The summed E-state index contributed by atoms with van der Waals surface area (Å²) in [7, 11) is -3.28. The lowest BCUT2D eigenvalue weighted by atomic mass is 10.1. The molecule has 0 aliphatic carbocycles. The molecule has 1 heterocycles.